The summed E-state index contributed by atoms with van der Waals surface area (Å²) in [5.41, 5.74) is 6.55. The lowest BCUT2D eigenvalue weighted by Gasteiger charge is -2.27. The number of nitrogens with one attached hydrogen (secondary N) is 1. The van der Waals surface area contributed by atoms with Crippen LogP contribution in [0.25, 0.3) is 0 Å². The molecule has 0 radical (unpaired) electrons. The van der Waals surface area contributed by atoms with E-state index in [0.29, 0.717) is 6.04 Å². The van der Waals surface area contributed by atoms with Crippen LogP contribution in [0.4, 0.5) is 0 Å². The second kappa shape index (κ2) is 6.21. The van der Waals surface area contributed by atoms with Crippen molar-refractivity contribution < 1.29 is 4.79 Å². The molecule has 3 N–H and O–H groups in total. The lowest BCUT2D eigenvalue weighted by atomic mass is 9.85. The number of carbonyl (C=O) groups is 1. The highest BCUT2D eigenvalue weighted by atomic mass is 35.5. The third-order valence-corrected chi connectivity index (χ3v) is 3.89. The van der Waals surface area contributed by atoms with E-state index in [0.717, 1.165) is 37.3 Å². The van der Waals surface area contributed by atoms with Gasteiger partial charge in [0.2, 0.25) is 5.91 Å². The zero-order valence-electron chi connectivity index (χ0n) is 10.4. The minimum Gasteiger partial charge on any atom is -0.369 e. The van der Waals surface area contributed by atoms with Gasteiger partial charge in [0.15, 0.2) is 0 Å². The van der Waals surface area contributed by atoms with E-state index in [4.69, 9.17) is 17.3 Å². The summed E-state index contributed by atoms with van der Waals surface area (Å²) in [6.45, 7) is 0.850. The molecular weight excluding hydrogens is 248 g/mol. The summed E-state index contributed by atoms with van der Waals surface area (Å²) in [5.74, 6) is -0.0651. The van der Waals surface area contributed by atoms with Gasteiger partial charge < -0.3 is 11.1 Å². The van der Waals surface area contributed by atoms with Gasteiger partial charge in [0.1, 0.15) is 0 Å². The smallest absolute Gasteiger partial charge is 0.220 e. The van der Waals surface area contributed by atoms with Crippen LogP contribution in [0.1, 0.15) is 31.2 Å². The Morgan fingerprint density at radius 1 is 1.22 bits per heavy atom. The Morgan fingerprint density at radius 2 is 1.83 bits per heavy atom. The first-order valence-corrected chi connectivity index (χ1v) is 6.80. The molecule has 0 heterocycles. The number of primary amides is 1. The Hall–Kier alpha value is -1.06. The van der Waals surface area contributed by atoms with Crippen LogP contribution in [-0.4, -0.2) is 11.9 Å². The maximum absolute atomic E-state index is 11.1. The van der Waals surface area contributed by atoms with E-state index in [2.05, 4.69) is 5.32 Å². The van der Waals surface area contributed by atoms with Gasteiger partial charge in [-0.05, 0) is 43.4 Å². The zero-order chi connectivity index (χ0) is 13.0. The van der Waals surface area contributed by atoms with E-state index in [1.807, 2.05) is 24.3 Å². The molecule has 1 saturated carbocycles. The number of nitrogens with two attached hydrogens (primary N) is 1. The summed E-state index contributed by atoms with van der Waals surface area (Å²) in [6, 6.07) is 8.37. The van der Waals surface area contributed by atoms with Crippen molar-refractivity contribution in [3.8, 4) is 0 Å². The molecule has 0 bridgehead atoms. The van der Waals surface area contributed by atoms with Crippen LogP contribution < -0.4 is 11.1 Å². The number of amides is 1. The maximum atomic E-state index is 11.1. The largest absolute Gasteiger partial charge is 0.369 e. The third-order valence-electron chi connectivity index (χ3n) is 3.64. The van der Waals surface area contributed by atoms with Crippen molar-refractivity contribution >= 4 is 17.5 Å². The monoisotopic (exact) mass is 266 g/mol. The van der Waals surface area contributed by atoms with Crippen molar-refractivity contribution in [2.24, 2.45) is 11.7 Å². The molecule has 0 aliphatic heterocycles. The summed E-state index contributed by atoms with van der Waals surface area (Å²) in [5, 5.41) is 4.29. The van der Waals surface area contributed by atoms with Crippen molar-refractivity contribution in [3.05, 3.63) is 34.9 Å². The van der Waals surface area contributed by atoms with Crippen molar-refractivity contribution in [1.29, 1.82) is 0 Å². The number of rotatable bonds is 4. The first-order chi connectivity index (χ1) is 8.65. The summed E-state index contributed by atoms with van der Waals surface area (Å²) < 4.78 is 0. The first-order valence-electron chi connectivity index (χ1n) is 6.42. The van der Waals surface area contributed by atoms with Crippen LogP contribution in [0.15, 0.2) is 24.3 Å². The van der Waals surface area contributed by atoms with Crippen LogP contribution in [-0.2, 0) is 11.3 Å². The van der Waals surface area contributed by atoms with Crippen LogP contribution >= 0.6 is 11.6 Å². The van der Waals surface area contributed by atoms with E-state index in [1.54, 1.807) is 0 Å². The van der Waals surface area contributed by atoms with Gasteiger partial charge in [0.25, 0.3) is 0 Å². The van der Waals surface area contributed by atoms with Gasteiger partial charge in [-0.2, -0.15) is 0 Å². The predicted octanol–water partition coefficient (Wildman–Crippen LogP) is 2.47. The fraction of sp³-hybridized carbons (Fsp3) is 0.500. The molecule has 0 unspecified atom stereocenters. The first kappa shape index (κ1) is 13.4. The summed E-state index contributed by atoms with van der Waals surface area (Å²) in [4.78, 5) is 11.1. The van der Waals surface area contributed by atoms with Crippen LogP contribution in [0.3, 0.4) is 0 Å². The normalized spacial score (nSPS) is 23.8. The quantitative estimate of drug-likeness (QED) is 0.880. The highest BCUT2D eigenvalue weighted by Crippen LogP contribution is 2.24. The Labute approximate surface area is 113 Å². The molecule has 0 saturated heterocycles. The van der Waals surface area contributed by atoms with Gasteiger partial charge in [-0.3, -0.25) is 4.79 Å². The molecule has 1 amide bonds. The highest BCUT2D eigenvalue weighted by Gasteiger charge is 2.24. The third kappa shape index (κ3) is 3.72. The maximum Gasteiger partial charge on any atom is 0.220 e. The van der Waals surface area contributed by atoms with Crippen molar-refractivity contribution in [2.75, 3.05) is 0 Å². The molecule has 1 fully saturated rings. The number of benzene rings is 1. The number of hydrogen-bond acceptors (Lipinski definition) is 2. The molecule has 0 spiro atoms. The highest BCUT2D eigenvalue weighted by molar-refractivity contribution is 6.30. The molecule has 98 valence electrons. The molecule has 3 nitrogen and oxygen atoms in total. The van der Waals surface area contributed by atoms with E-state index >= 15 is 0 Å². The van der Waals surface area contributed by atoms with Crippen molar-refractivity contribution in [3.63, 3.8) is 0 Å². The number of hydrogen-bond donors (Lipinski definition) is 2. The second-order valence-corrected chi connectivity index (χ2v) is 5.39. The molecule has 0 atom stereocenters. The Bertz CT molecular complexity index is 397. The van der Waals surface area contributed by atoms with Gasteiger partial charge >= 0.3 is 0 Å². The standard InChI is InChI=1S/C14H19ClN2O/c15-12-5-1-10(2-6-12)9-17-13-7-3-11(4-8-13)14(16)18/h1-2,5-6,11,13,17H,3-4,7-9H2,(H2,16,18). The Kier molecular flexibility index (Phi) is 4.61. The molecule has 2 rings (SSSR count). The second-order valence-electron chi connectivity index (χ2n) is 4.96. The molecule has 1 aromatic rings. The van der Waals surface area contributed by atoms with Gasteiger partial charge in [-0.15, -0.1) is 0 Å². The van der Waals surface area contributed by atoms with Crippen LogP contribution in [0.2, 0.25) is 5.02 Å². The predicted molar refractivity (Wildman–Crippen MR) is 73.2 cm³/mol. The molecule has 1 aliphatic rings. The average molecular weight is 267 g/mol. The zero-order valence-corrected chi connectivity index (χ0v) is 11.1. The van der Waals surface area contributed by atoms with Gasteiger partial charge in [0.05, 0.1) is 0 Å². The minimum atomic E-state index is -0.147. The van der Waals surface area contributed by atoms with Crippen LogP contribution in [0.5, 0.6) is 0 Å². The lowest BCUT2D eigenvalue weighted by Crippen LogP contribution is -2.36. The minimum absolute atomic E-state index is 0.0820. The summed E-state index contributed by atoms with van der Waals surface area (Å²) in [7, 11) is 0. The molecule has 1 aromatic carbocycles. The van der Waals surface area contributed by atoms with E-state index in [-0.39, 0.29) is 11.8 Å². The summed E-state index contributed by atoms with van der Waals surface area (Å²) in [6.07, 6.45) is 3.88. The molecule has 4 heteroatoms. The van der Waals surface area contributed by atoms with Gasteiger partial charge in [0, 0.05) is 23.5 Å². The average Bonchev–Trinajstić information content (AvgIpc) is 2.38. The van der Waals surface area contributed by atoms with Crippen molar-refractivity contribution in [2.45, 2.75) is 38.3 Å². The number of carbonyl (C=O) groups excluding carboxylic acids is 1. The van der Waals surface area contributed by atoms with Crippen LogP contribution in [0, 0.1) is 5.92 Å². The van der Waals surface area contributed by atoms with E-state index in [9.17, 15) is 4.79 Å². The number of halogens is 1. The van der Waals surface area contributed by atoms with E-state index in [1.165, 1.54) is 5.56 Å². The lowest BCUT2D eigenvalue weighted by molar-refractivity contribution is -0.122. The fourth-order valence-corrected chi connectivity index (χ4v) is 2.57. The Balaban J connectivity index is 1.75. The Morgan fingerprint density at radius 3 is 2.39 bits per heavy atom. The topological polar surface area (TPSA) is 55.1 Å². The molecule has 18 heavy (non-hydrogen) atoms. The molecule has 0 aromatic heterocycles. The molecular formula is C14H19ClN2O. The van der Waals surface area contributed by atoms with Crippen molar-refractivity contribution in [1.82, 2.24) is 5.32 Å². The van der Waals surface area contributed by atoms with Gasteiger partial charge in [-0.25, -0.2) is 0 Å². The molecule has 1 aliphatic carbocycles. The van der Waals surface area contributed by atoms with Gasteiger partial charge in [-0.1, -0.05) is 23.7 Å². The summed E-state index contributed by atoms with van der Waals surface area (Å²) >= 11 is 5.84. The fourth-order valence-electron chi connectivity index (χ4n) is 2.45. The van der Waals surface area contributed by atoms with E-state index < -0.39 is 0 Å². The SMILES string of the molecule is NC(=O)C1CCC(NCc2ccc(Cl)cc2)CC1.